The lowest BCUT2D eigenvalue weighted by atomic mass is 9.85. The van der Waals surface area contributed by atoms with Crippen molar-refractivity contribution in [3.05, 3.63) is 69.3 Å². The van der Waals surface area contributed by atoms with Gasteiger partial charge in [0.25, 0.3) is 0 Å². The maximum atomic E-state index is 12.6. The Hall–Kier alpha value is -2.69. The van der Waals surface area contributed by atoms with Gasteiger partial charge in [0, 0.05) is 17.2 Å². The monoisotopic (exact) mass is 353 g/mol. The average Bonchev–Trinajstić information content (AvgIpc) is 2.61. The third-order valence-electron chi connectivity index (χ3n) is 5.18. The molecular formula is C21H23NO4. The molecule has 0 unspecified atom stereocenters. The predicted molar refractivity (Wildman–Crippen MR) is 99.7 cm³/mol. The molecule has 136 valence electrons. The number of carbonyl (C=O) groups is 1. The number of nitro groups is 1. The third-order valence-corrected chi connectivity index (χ3v) is 5.18. The summed E-state index contributed by atoms with van der Waals surface area (Å²) in [7, 11) is 0. The molecule has 0 bridgehead atoms. The van der Waals surface area contributed by atoms with E-state index in [1.165, 1.54) is 62.6 Å². The number of phenols is 1. The SMILES string of the molecule is O=C(c1ccc(C2CCCCCCC2)cc1)c1ccc(O)c([N+](=O)[O-])c1. The Bertz CT molecular complexity index is 790. The Balaban J connectivity index is 1.78. The molecule has 0 heterocycles. The van der Waals surface area contributed by atoms with E-state index in [4.69, 9.17) is 0 Å². The molecule has 0 radical (unpaired) electrons. The summed E-state index contributed by atoms with van der Waals surface area (Å²) in [6.45, 7) is 0. The molecule has 2 aromatic rings. The summed E-state index contributed by atoms with van der Waals surface area (Å²) in [6.07, 6.45) is 8.82. The van der Waals surface area contributed by atoms with Gasteiger partial charge in [-0.05, 0) is 36.5 Å². The van der Waals surface area contributed by atoms with Crippen LogP contribution in [-0.4, -0.2) is 15.8 Å². The molecule has 1 N–H and O–H groups in total. The van der Waals surface area contributed by atoms with Crippen LogP contribution in [0.15, 0.2) is 42.5 Å². The maximum absolute atomic E-state index is 12.6. The first-order valence-corrected chi connectivity index (χ1v) is 9.18. The lowest BCUT2D eigenvalue weighted by Crippen LogP contribution is -2.05. The van der Waals surface area contributed by atoms with Gasteiger partial charge >= 0.3 is 5.69 Å². The number of phenolic OH excluding ortho intramolecular Hbond substituents is 1. The van der Waals surface area contributed by atoms with Crippen molar-refractivity contribution in [1.82, 2.24) is 0 Å². The van der Waals surface area contributed by atoms with Gasteiger partial charge in [-0.15, -0.1) is 0 Å². The largest absolute Gasteiger partial charge is 0.502 e. The van der Waals surface area contributed by atoms with Gasteiger partial charge in [-0.1, -0.05) is 56.4 Å². The lowest BCUT2D eigenvalue weighted by molar-refractivity contribution is -0.385. The van der Waals surface area contributed by atoms with Crippen molar-refractivity contribution < 1.29 is 14.8 Å². The Labute approximate surface area is 152 Å². The summed E-state index contributed by atoms with van der Waals surface area (Å²) < 4.78 is 0. The van der Waals surface area contributed by atoms with Crippen LogP contribution in [0.4, 0.5) is 5.69 Å². The molecule has 26 heavy (non-hydrogen) atoms. The number of nitro benzene ring substituents is 1. The molecule has 0 saturated heterocycles. The van der Waals surface area contributed by atoms with Crippen LogP contribution in [0.2, 0.25) is 0 Å². The van der Waals surface area contributed by atoms with E-state index in [0.29, 0.717) is 11.5 Å². The van der Waals surface area contributed by atoms with Gasteiger partial charge in [0.2, 0.25) is 0 Å². The quantitative estimate of drug-likeness (QED) is 0.456. The van der Waals surface area contributed by atoms with Crippen LogP contribution in [-0.2, 0) is 0 Å². The van der Waals surface area contributed by atoms with E-state index in [1.54, 1.807) is 12.1 Å². The topological polar surface area (TPSA) is 80.4 Å². The van der Waals surface area contributed by atoms with Crippen molar-refractivity contribution in [2.24, 2.45) is 0 Å². The van der Waals surface area contributed by atoms with Crippen LogP contribution in [0.5, 0.6) is 5.75 Å². The van der Waals surface area contributed by atoms with Crippen LogP contribution in [0.3, 0.4) is 0 Å². The van der Waals surface area contributed by atoms with Gasteiger partial charge in [0.15, 0.2) is 11.5 Å². The second-order valence-corrected chi connectivity index (χ2v) is 6.95. The fourth-order valence-electron chi connectivity index (χ4n) is 3.67. The van der Waals surface area contributed by atoms with E-state index >= 15 is 0 Å². The van der Waals surface area contributed by atoms with Crippen molar-refractivity contribution >= 4 is 11.5 Å². The molecule has 0 aliphatic heterocycles. The van der Waals surface area contributed by atoms with Gasteiger partial charge in [0.1, 0.15) is 0 Å². The van der Waals surface area contributed by atoms with Gasteiger partial charge in [-0.2, -0.15) is 0 Å². The van der Waals surface area contributed by atoms with Crippen molar-refractivity contribution in [2.45, 2.75) is 50.9 Å². The highest BCUT2D eigenvalue weighted by Gasteiger charge is 2.19. The van der Waals surface area contributed by atoms with Crippen LogP contribution in [0.25, 0.3) is 0 Å². The minimum atomic E-state index is -0.691. The standard InChI is InChI=1S/C21H23NO4/c23-20-13-12-18(14-19(20)22(25)26)21(24)17-10-8-16(9-11-17)15-6-4-2-1-3-5-7-15/h8-15,23H,1-7H2. The van der Waals surface area contributed by atoms with Crippen molar-refractivity contribution in [1.29, 1.82) is 0 Å². The van der Waals surface area contributed by atoms with Gasteiger partial charge < -0.3 is 5.11 Å². The Morgan fingerprint density at radius 3 is 2.12 bits per heavy atom. The Morgan fingerprint density at radius 1 is 0.923 bits per heavy atom. The maximum Gasteiger partial charge on any atom is 0.311 e. The zero-order valence-electron chi connectivity index (χ0n) is 14.7. The third kappa shape index (κ3) is 4.10. The number of hydrogen-bond donors (Lipinski definition) is 1. The zero-order valence-corrected chi connectivity index (χ0v) is 14.7. The number of aromatic hydroxyl groups is 1. The van der Waals surface area contributed by atoms with E-state index in [-0.39, 0.29) is 11.3 Å². The van der Waals surface area contributed by atoms with Crippen molar-refractivity contribution in [3.63, 3.8) is 0 Å². The predicted octanol–water partition coefficient (Wildman–Crippen LogP) is 5.36. The first-order chi connectivity index (χ1) is 12.6. The number of ketones is 1. The Kier molecular flexibility index (Phi) is 5.66. The normalized spacial score (nSPS) is 15.8. The number of nitrogens with zero attached hydrogens (tertiary/aromatic N) is 1. The molecule has 5 nitrogen and oxygen atoms in total. The molecule has 1 aliphatic carbocycles. The molecule has 0 atom stereocenters. The number of rotatable bonds is 4. The molecule has 0 spiro atoms. The van der Waals surface area contributed by atoms with Crippen LogP contribution >= 0.6 is 0 Å². The first kappa shape index (κ1) is 18.1. The molecule has 0 amide bonds. The second kappa shape index (κ2) is 8.13. The molecule has 1 aliphatic rings. The molecule has 3 rings (SSSR count). The minimum absolute atomic E-state index is 0.202. The molecule has 1 fully saturated rings. The highest BCUT2D eigenvalue weighted by atomic mass is 16.6. The average molecular weight is 353 g/mol. The van der Waals surface area contributed by atoms with Crippen molar-refractivity contribution in [3.8, 4) is 5.75 Å². The van der Waals surface area contributed by atoms with Crippen LogP contribution in [0, 0.1) is 10.1 Å². The molecule has 5 heteroatoms. The fourth-order valence-corrected chi connectivity index (χ4v) is 3.67. The zero-order chi connectivity index (χ0) is 18.5. The lowest BCUT2D eigenvalue weighted by Gasteiger charge is -2.20. The van der Waals surface area contributed by atoms with Gasteiger partial charge in [-0.25, -0.2) is 0 Å². The fraction of sp³-hybridized carbons (Fsp3) is 0.381. The van der Waals surface area contributed by atoms with Gasteiger partial charge in [-0.3, -0.25) is 14.9 Å². The molecular weight excluding hydrogens is 330 g/mol. The Morgan fingerprint density at radius 2 is 1.50 bits per heavy atom. The van der Waals surface area contributed by atoms with Crippen LogP contribution in [0.1, 0.15) is 72.3 Å². The summed E-state index contributed by atoms with van der Waals surface area (Å²) in [4.78, 5) is 22.9. The molecule has 0 aromatic heterocycles. The second-order valence-electron chi connectivity index (χ2n) is 6.95. The van der Waals surface area contributed by atoms with E-state index in [2.05, 4.69) is 0 Å². The summed E-state index contributed by atoms with van der Waals surface area (Å²) in [5, 5.41) is 20.5. The highest BCUT2D eigenvalue weighted by molar-refractivity contribution is 6.09. The van der Waals surface area contributed by atoms with E-state index in [1.807, 2.05) is 12.1 Å². The number of carbonyl (C=O) groups excluding carboxylic acids is 1. The minimum Gasteiger partial charge on any atom is -0.502 e. The van der Waals surface area contributed by atoms with E-state index < -0.39 is 16.4 Å². The molecule has 2 aromatic carbocycles. The summed E-state index contributed by atoms with van der Waals surface area (Å²) in [6, 6.07) is 11.3. The summed E-state index contributed by atoms with van der Waals surface area (Å²) >= 11 is 0. The summed E-state index contributed by atoms with van der Waals surface area (Å²) in [5.74, 6) is -0.169. The number of benzene rings is 2. The van der Waals surface area contributed by atoms with Gasteiger partial charge in [0.05, 0.1) is 4.92 Å². The highest BCUT2D eigenvalue weighted by Crippen LogP contribution is 2.31. The first-order valence-electron chi connectivity index (χ1n) is 9.18. The van der Waals surface area contributed by atoms with Crippen molar-refractivity contribution in [2.75, 3.05) is 0 Å². The number of hydrogen-bond acceptors (Lipinski definition) is 4. The van der Waals surface area contributed by atoms with Crippen LogP contribution < -0.4 is 0 Å². The molecule has 1 saturated carbocycles. The smallest absolute Gasteiger partial charge is 0.311 e. The van der Waals surface area contributed by atoms with E-state index in [0.717, 1.165) is 6.07 Å². The summed E-state index contributed by atoms with van der Waals surface area (Å²) in [5.41, 5.74) is 1.51. The van der Waals surface area contributed by atoms with E-state index in [9.17, 15) is 20.0 Å².